The van der Waals surface area contributed by atoms with Crippen molar-refractivity contribution >= 4 is 11.1 Å². The molecule has 0 unspecified atom stereocenters. The molecule has 7 heteroatoms. The molecular weight excluding hydrogens is 297 g/mol. The van der Waals surface area contributed by atoms with E-state index in [1.54, 1.807) is 12.1 Å². The van der Waals surface area contributed by atoms with Gasteiger partial charge in [-0.1, -0.05) is 12.1 Å². The Labute approximate surface area is 129 Å². The molecule has 0 saturated heterocycles. The van der Waals surface area contributed by atoms with E-state index < -0.39 is 0 Å². The van der Waals surface area contributed by atoms with Gasteiger partial charge in [0, 0.05) is 17.2 Å². The van der Waals surface area contributed by atoms with Crippen molar-refractivity contribution in [1.82, 2.24) is 20.4 Å². The average molecular weight is 305 g/mol. The van der Waals surface area contributed by atoms with E-state index >= 15 is 0 Å². The minimum Gasteiger partial charge on any atom is -0.436 e. The number of H-pyrrole nitrogens is 1. The first-order chi connectivity index (χ1) is 11.2. The number of benzene rings is 2. The van der Waals surface area contributed by atoms with Crippen LogP contribution < -0.4 is 0 Å². The molecule has 0 aliphatic rings. The van der Waals surface area contributed by atoms with Crippen LogP contribution in [-0.2, 0) is 0 Å². The summed E-state index contributed by atoms with van der Waals surface area (Å²) in [7, 11) is 0. The Bertz CT molecular complexity index is 1060. The molecule has 2 aromatic carbocycles. The van der Waals surface area contributed by atoms with Crippen LogP contribution in [0, 0.1) is 17.1 Å². The van der Waals surface area contributed by atoms with Crippen molar-refractivity contribution < 1.29 is 8.81 Å². The normalized spacial score (nSPS) is 10.8. The number of hydrogen-bond acceptors (Lipinski definition) is 5. The molecule has 2 aromatic heterocycles. The molecule has 0 radical (unpaired) electrons. The summed E-state index contributed by atoms with van der Waals surface area (Å²) in [6.07, 6.45) is 0. The summed E-state index contributed by atoms with van der Waals surface area (Å²) in [6, 6.07) is 13.4. The molecule has 6 nitrogen and oxygen atoms in total. The molecule has 110 valence electrons. The highest BCUT2D eigenvalue weighted by molar-refractivity contribution is 5.77. The Hall–Kier alpha value is -3.53. The number of nitrogens with zero attached hydrogens (tertiary/aromatic N) is 4. The highest BCUT2D eigenvalue weighted by Gasteiger charge is 2.13. The monoisotopic (exact) mass is 305 g/mol. The van der Waals surface area contributed by atoms with Crippen molar-refractivity contribution in [2.45, 2.75) is 0 Å². The summed E-state index contributed by atoms with van der Waals surface area (Å²) in [6.45, 7) is 0. The molecule has 1 N–H and O–H groups in total. The summed E-state index contributed by atoms with van der Waals surface area (Å²) in [5.74, 6) is 0.00168. The number of hydrogen-bond donors (Lipinski definition) is 1. The molecule has 0 spiro atoms. The van der Waals surface area contributed by atoms with Crippen molar-refractivity contribution in [3.8, 4) is 28.8 Å². The Morgan fingerprint density at radius 1 is 1.09 bits per heavy atom. The number of fused-ring (bicyclic) bond motifs is 1. The van der Waals surface area contributed by atoms with Gasteiger partial charge in [-0.15, -0.1) is 5.10 Å². The van der Waals surface area contributed by atoms with Crippen molar-refractivity contribution in [1.29, 1.82) is 5.26 Å². The minimum atomic E-state index is -0.368. The van der Waals surface area contributed by atoms with Crippen LogP contribution in [0.4, 0.5) is 4.39 Å². The summed E-state index contributed by atoms with van der Waals surface area (Å²) >= 11 is 0. The summed E-state index contributed by atoms with van der Waals surface area (Å²) in [5.41, 5.74) is 3.03. The fourth-order valence-corrected chi connectivity index (χ4v) is 2.33. The molecule has 0 fully saturated rings. The number of aromatic nitrogens is 4. The van der Waals surface area contributed by atoms with Gasteiger partial charge < -0.3 is 4.42 Å². The smallest absolute Gasteiger partial charge is 0.227 e. The number of nitrogens with one attached hydrogen (secondary N) is 1. The summed E-state index contributed by atoms with van der Waals surface area (Å²) in [4.78, 5) is 4.29. The first-order valence-electron chi connectivity index (χ1n) is 6.72. The van der Waals surface area contributed by atoms with Gasteiger partial charge in [0.05, 0.1) is 0 Å². The lowest BCUT2D eigenvalue weighted by atomic mass is 10.1. The SMILES string of the molecule is N#Cc1n[nH]nc1-c1cccc(-c2nc3cc(F)ccc3o2)c1. The third kappa shape index (κ3) is 2.22. The van der Waals surface area contributed by atoms with Crippen molar-refractivity contribution in [2.24, 2.45) is 0 Å². The first kappa shape index (κ1) is 13.2. The van der Waals surface area contributed by atoms with E-state index in [0.29, 0.717) is 33.8 Å². The van der Waals surface area contributed by atoms with Gasteiger partial charge in [0.25, 0.3) is 0 Å². The van der Waals surface area contributed by atoms with E-state index in [9.17, 15) is 4.39 Å². The molecule has 0 amide bonds. The zero-order chi connectivity index (χ0) is 15.8. The number of aromatic amines is 1. The molecule has 0 aliphatic carbocycles. The first-order valence-corrected chi connectivity index (χ1v) is 6.72. The van der Waals surface area contributed by atoms with Gasteiger partial charge in [-0.25, -0.2) is 9.37 Å². The lowest BCUT2D eigenvalue weighted by Crippen LogP contribution is -1.84. The van der Waals surface area contributed by atoms with Gasteiger partial charge in [-0.3, -0.25) is 0 Å². The molecular formula is C16H8FN5O. The Morgan fingerprint density at radius 3 is 2.83 bits per heavy atom. The third-order valence-corrected chi connectivity index (χ3v) is 3.39. The van der Waals surface area contributed by atoms with Crippen molar-refractivity contribution in [3.63, 3.8) is 0 Å². The van der Waals surface area contributed by atoms with Gasteiger partial charge in [-0.2, -0.15) is 15.6 Å². The maximum atomic E-state index is 13.3. The van der Waals surface area contributed by atoms with Gasteiger partial charge in [-0.05, 0) is 24.3 Å². The lowest BCUT2D eigenvalue weighted by Gasteiger charge is -1.99. The Morgan fingerprint density at radius 2 is 1.96 bits per heavy atom. The van der Waals surface area contributed by atoms with Gasteiger partial charge in [0.2, 0.25) is 5.89 Å². The molecule has 0 atom stereocenters. The fourth-order valence-electron chi connectivity index (χ4n) is 2.33. The lowest BCUT2D eigenvalue weighted by molar-refractivity contribution is 0.614. The van der Waals surface area contributed by atoms with Gasteiger partial charge in [0.1, 0.15) is 23.1 Å². The third-order valence-electron chi connectivity index (χ3n) is 3.39. The van der Waals surface area contributed by atoms with Gasteiger partial charge in [0.15, 0.2) is 11.3 Å². The molecule has 4 rings (SSSR count). The predicted octanol–water partition coefficient (Wildman–Crippen LogP) is 3.29. The molecule has 0 bridgehead atoms. The summed E-state index contributed by atoms with van der Waals surface area (Å²) in [5, 5.41) is 19.2. The predicted molar refractivity (Wildman–Crippen MR) is 79.5 cm³/mol. The second-order valence-corrected chi connectivity index (χ2v) is 4.84. The molecule has 4 aromatic rings. The highest BCUT2D eigenvalue weighted by atomic mass is 19.1. The molecule has 0 saturated carbocycles. The van der Waals surface area contributed by atoms with Gasteiger partial charge >= 0.3 is 0 Å². The minimum absolute atomic E-state index is 0.210. The van der Waals surface area contributed by atoms with E-state index in [0.717, 1.165) is 0 Å². The Balaban J connectivity index is 1.83. The molecule has 2 heterocycles. The zero-order valence-corrected chi connectivity index (χ0v) is 11.6. The number of halogens is 1. The van der Waals surface area contributed by atoms with E-state index in [2.05, 4.69) is 20.4 Å². The van der Waals surface area contributed by atoms with E-state index in [1.807, 2.05) is 18.2 Å². The van der Waals surface area contributed by atoms with E-state index in [4.69, 9.17) is 9.68 Å². The number of oxazole rings is 1. The van der Waals surface area contributed by atoms with Crippen molar-refractivity contribution in [3.05, 3.63) is 54.0 Å². The summed E-state index contributed by atoms with van der Waals surface area (Å²) < 4.78 is 18.9. The van der Waals surface area contributed by atoms with Crippen LogP contribution >= 0.6 is 0 Å². The maximum absolute atomic E-state index is 13.3. The molecule has 0 aliphatic heterocycles. The quantitative estimate of drug-likeness (QED) is 0.613. The highest BCUT2D eigenvalue weighted by Crippen LogP contribution is 2.28. The van der Waals surface area contributed by atoms with Crippen LogP contribution in [0.25, 0.3) is 33.8 Å². The topological polar surface area (TPSA) is 91.4 Å². The fraction of sp³-hybridized carbons (Fsp3) is 0. The second kappa shape index (κ2) is 5.03. The molecule has 23 heavy (non-hydrogen) atoms. The van der Waals surface area contributed by atoms with Crippen molar-refractivity contribution in [2.75, 3.05) is 0 Å². The van der Waals surface area contributed by atoms with Crippen LogP contribution in [0.1, 0.15) is 5.69 Å². The van der Waals surface area contributed by atoms with Crippen LogP contribution in [0.3, 0.4) is 0 Å². The van der Waals surface area contributed by atoms with Crippen LogP contribution in [-0.4, -0.2) is 20.4 Å². The standard InChI is InChI=1S/C16H8FN5O/c17-11-4-5-14-12(7-11)19-16(23-14)10-3-1-2-9(6-10)15-13(8-18)20-22-21-15/h1-7H,(H,20,21,22). The second-order valence-electron chi connectivity index (χ2n) is 4.84. The van der Waals surface area contributed by atoms with E-state index in [1.165, 1.54) is 18.2 Å². The van der Waals surface area contributed by atoms with E-state index in [-0.39, 0.29) is 11.5 Å². The largest absolute Gasteiger partial charge is 0.436 e. The van der Waals surface area contributed by atoms with Crippen LogP contribution in [0.5, 0.6) is 0 Å². The maximum Gasteiger partial charge on any atom is 0.227 e. The number of rotatable bonds is 2. The van der Waals surface area contributed by atoms with Crippen LogP contribution in [0.2, 0.25) is 0 Å². The average Bonchev–Trinajstić information content (AvgIpc) is 3.21. The number of nitriles is 1. The zero-order valence-electron chi connectivity index (χ0n) is 11.6. The Kier molecular flexibility index (Phi) is 2.88. The van der Waals surface area contributed by atoms with Crippen LogP contribution in [0.15, 0.2) is 46.9 Å².